The Labute approximate surface area is 99.2 Å². The van der Waals surface area contributed by atoms with Crippen molar-refractivity contribution in [2.24, 2.45) is 0 Å². The molecule has 0 radical (unpaired) electrons. The third-order valence-corrected chi connectivity index (χ3v) is 2.54. The minimum atomic E-state index is -0.317. The van der Waals surface area contributed by atoms with E-state index in [1.165, 1.54) is 38.8 Å². The second kappa shape index (κ2) is 9.52. The molecule has 1 unspecified atom stereocenters. The maximum atomic E-state index is 10.8. The number of carbonyl (C=O) groups is 1. The highest BCUT2D eigenvalue weighted by Crippen LogP contribution is 2.07. The number of hydrogen-bond acceptors (Lipinski definition) is 2. The van der Waals surface area contributed by atoms with E-state index < -0.39 is 0 Å². The monoisotopic (exact) mass is 228 g/mol. The van der Waals surface area contributed by atoms with Crippen LogP contribution in [0.25, 0.3) is 0 Å². The van der Waals surface area contributed by atoms with Crippen molar-refractivity contribution in [3.63, 3.8) is 0 Å². The van der Waals surface area contributed by atoms with Gasteiger partial charge in [-0.25, -0.2) is 4.58 Å². The Morgan fingerprint density at radius 3 is 2.50 bits per heavy atom. The first-order valence-corrected chi connectivity index (χ1v) is 6.30. The van der Waals surface area contributed by atoms with Crippen LogP contribution in [0.2, 0.25) is 0 Å². The fraction of sp³-hybridized carbons (Fsp3) is 0.846. The number of hydrogen-bond donors (Lipinski definition) is 1. The zero-order chi connectivity index (χ0) is 12.4. The largest absolute Gasteiger partial charge is 0.387 e. The summed E-state index contributed by atoms with van der Waals surface area (Å²) < 4.78 is 1.76. The van der Waals surface area contributed by atoms with Crippen molar-refractivity contribution >= 4 is 12.0 Å². The van der Waals surface area contributed by atoms with Crippen LogP contribution in [0.1, 0.15) is 52.4 Å². The number of likely N-dealkylation sites (N-methyl/N-ethyl adjacent to an activating group) is 1. The van der Waals surface area contributed by atoms with E-state index in [2.05, 4.69) is 6.92 Å². The number of Topliss-reactive ketones (excluding diaryl/α,β-unsaturated/α-hetero) is 1. The molecule has 0 aromatic heterocycles. The summed E-state index contributed by atoms with van der Waals surface area (Å²) in [6.45, 7) is 4.27. The van der Waals surface area contributed by atoms with Crippen LogP contribution in [-0.2, 0) is 4.79 Å². The van der Waals surface area contributed by atoms with Gasteiger partial charge in [0.05, 0.1) is 0 Å². The first-order valence-electron chi connectivity index (χ1n) is 6.30. The van der Waals surface area contributed by atoms with Crippen molar-refractivity contribution in [2.45, 2.75) is 58.5 Å². The maximum absolute atomic E-state index is 10.8. The van der Waals surface area contributed by atoms with Crippen LogP contribution in [0.4, 0.5) is 0 Å². The minimum absolute atomic E-state index is 0.0256. The molecule has 0 aliphatic heterocycles. The van der Waals surface area contributed by atoms with Gasteiger partial charge in [-0.2, -0.15) is 0 Å². The number of nitrogens with zero attached hydrogens (tertiary/aromatic N) is 1. The molecule has 0 saturated heterocycles. The smallest absolute Gasteiger partial charge is 0.215 e. The Balaban J connectivity index is 3.58. The first kappa shape index (κ1) is 15.3. The molecule has 3 nitrogen and oxygen atoms in total. The zero-order valence-corrected chi connectivity index (χ0v) is 10.9. The maximum Gasteiger partial charge on any atom is 0.215 e. The first-order chi connectivity index (χ1) is 7.56. The van der Waals surface area contributed by atoms with E-state index >= 15 is 0 Å². The molecular weight excluding hydrogens is 202 g/mol. The lowest BCUT2D eigenvalue weighted by Crippen LogP contribution is -2.24. The van der Waals surface area contributed by atoms with Crippen molar-refractivity contribution in [3.05, 3.63) is 0 Å². The number of aliphatic hydroxyl groups is 1. The Hall–Kier alpha value is -0.700. The molecule has 0 saturated carbocycles. The average molecular weight is 228 g/mol. The third kappa shape index (κ3) is 9.84. The van der Waals surface area contributed by atoms with Crippen LogP contribution in [-0.4, -0.2) is 41.4 Å². The van der Waals surface area contributed by atoms with E-state index in [9.17, 15) is 9.90 Å². The van der Waals surface area contributed by atoms with Gasteiger partial charge < -0.3 is 5.11 Å². The molecule has 0 spiro atoms. The van der Waals surface area contributed by atoms with Gasteiger partial charge in [0.2, 0.25) is 12.0 Å². The molecular formula is C13H26NO2+. The molecule has 16 heavy (non-hydrogen) atoms. The number of rotatable bonds is 9. The van der Waals surface area contributed by atoms with Gasteiger partial charge in [0, 0.05) is 6.92 Å². The lowest BCUT2D eigenvalue weighted by atomic mass is 10.1. The second-order valence-electron chi connectivity index (χ2n) is 4.54. The molecule has 0 aromatic rings. The minimum Gasteiger partial charge on any atom is -0.387 e. The van der Waals surface area contributed by atoms with Crippen molar-refractivity contribution in [1.29, 1.82) is 0 Å². The van der Waals surface area contributed by atoms with Gasteiger partial charge >= 0.3 is 0 Å². The SMILES string of the molecule is CCCCCCCC(O)C[N+](C)=CC(C)=O. The summed E-state index contributed by atoms with van der Waals surface area (Å²) in [6, 6.07) is 0. The Morgan fingerprint density at radius 2 is 1.94 bits per heavy atom. The van der Waals surface area contributed by atoms with Crippen molar-refractivity contribution in [1.82, 2.24) is 0 Å². The van der Waals surface area contributed by atoms with Crippen molar-refractivity contribution in [2.75, 3.05) is 13.6 Å². The van der Waals surface area contributed by atoms with Gasteiger partial charge in [0.15, 0.2) is 6.54 Å². The fourth-order valence-electron chi connectivity index (χ4n) is 1.77. The Bertz CT molecular complexity index is 224. The summed E-state index contributed by atoms with van der Waals surface area (Å²) in [6.07, 6.45) is 8.12. The summed E-state index contributed by atoms with van der Waals surface area (Å²) >= 11 is 0. The van der Waals surface area contributed by atoms with E-state index in [0.717, 1.165) is 12.8 Å². The molecule has 0 aliphatic rings. The number of unbranched alkanes of at least 4 members (excludes halogenated alkanes) is 4. The lowest BCUT2D eigenvalue weighted by molar-refractivity contribution is -0.501. The Kier molecular flexibility index (Phi) is 9.10. The van der Waals surface area contributed by atoms with Crippen LogP contribution in [0.15, 0.2) is 0 Å². The third-order valence-electron chi connectivity index (χ3n) is 2.54. The Morgan fingerprint density at radius 1 is 1.31 bits per heavy atom. The molecule has 0 amide bonds. The van der Waals surface area contributed by atoms with Crippen LogP contribution >= 0.6 is 0 Å². The average Bonchev–Trinajstić information content (AvgIpc) is 2.15. The summed E-state index contributed by atoms with van der Waals surface area (Å²) in [5, 5.41) is 9.72. The van der Waals surface area contributed by atoms with Crippen LogP contribution in [0.3, 0.4) is 0 Å². The van der Waals surface area contributed by atoms with E-state index in [1.807, 2.05) is 7.05 Å². The van der Waals surface area contributed by atoms with Crippen LogP contribution in [0.5, 0.6) is 0 Å². The van der Waals surface area contributed by atoms with E-state index in [4.69, 9.17) is 0 Å². The predicted molar refractivity (Wildman–Crippen MR) is 67.2 cm³/mol. The molecule has 94 valence electrons. The van der Waals surface area contributed by atoms with Crippen LogP contribution in [0, 0.1) is 0 Å². The molecule has 1 atom stereocenters. The van der Waals surface area contributed by atoms with E-state index in [0.29, 0.717) is 6.54 Å². The second-order valence-corrected chi connectivity index (χ2v) is 4.54. The normalized spacial score (nSPS) is 13.9. The highest BCUT2D eigenvalue weighted by molar-refractivity contribution is 6.24. The molecule has 0 heterocycles. The van der Waals surface area contributed by atoms with Gasteiger partial charge in [-0.1, -0.05) is 39.0 Å². The highest BCUT2D eigenvalue weighted by Gasteiger charge is 2.09. The molecule has 0 aromatic carbocycles. The molecule has 1 N–H and O–H groups in total. The standard InChI is InChI=1S/C13H26NO2/c1-4-5-6-7-8-9-13(16)11-14(3)10-12(2)15/h10,13,16H,4-9,11H2,1-3H3/q+1. The van der Waals surface area contributed by atoms with Crippen molar-refractivity contribution < 1.29 is 14.5 Å². The van der Waals surface area contributed by atoms with E-state index in [1.54, 1.807) is 4.58 Å². The van der Waals surface area contributed by atoms with E-state index in [-0.39, 0.29) is 11.9 Å². The zero-order valence-electron chi connectivity index (χ0n) is 10.9. The summed E-state index contributed by atoms with van der Waals surface area (Å²) in [5.74, 6) is 0.0256. The molecule has 0 rings (SSSR count). The topological polar surface area (TPSA) is 40.3 Å². The van der Waals surface area contributed by atoms with Gasteiger partial charge in [0.1, 0.15) is 13.2 Å². The fourth-order valence-corrected chi connectivity index (χ4v) is 1.77. The quantitative estimate of drug-likeness (QED) is 0.372. The summed E-state index contributed by atoms with van der Waals surface area (Å²) in [4.78, 5) is 10.8. The number of carbonyl (C=O) groups excluding carboxylic acids is 1. The molecule has 3 heteroatoms. The van der Waals surface area contributed by atoms with Gasteiger partial charge in [-0.05, 0) is 6.42 Å². The van der Waals surface area contributed by atoms with Gasteiger partial charge in [-0.3, -0.25) is 4.79 Å². The summed E-state index contributed by atoms with van der Waals surface area (Å²) in [5.41, 5.74) is 0. The molecule has 0 aliphatic carbocycles. The summed E-state index contributed by atoms with van der Waals surface area (Å²) in [7, 11) is 1.82. The van der Waals surface area contributed by atoms with Gasteiger partial charge in [0.25, 0.3) is 0 Å². The molecule has 0 fully saturated rings. The molecule has 0 bridgehead atoms. The van der Waals surface area contributed by atoms with Gasteiger partial charge in [-0.15, -0.1) is 0 Å². The highest BCUT2D eigenvalue weighted by atomic mass is 16.3. The van der Waals surface area contributed by atoms with Crippen LogP contribution < -0.4 is 0 Å². The lowest BCUT2D eigenvalue weighted by Gasteiger charge is -2.07. The number of aliphatic hydroxyl groups excluding tert-OH is 1. The number of ketones is 1. The van der Waals surface area contributed by atoms with Crippen molar-refractivity contribution in [3.8, 4) is 0 Å². The predicted octanol–water partition coefficient (Wildman–Crippen LogP) is 2.01.